The predicted molar refractivity (Wildman–Crippen MR) is 205 cm³/mol. The Morgan fingerprint density at radius 3 is 1.50 bits per heavy atom. The van der Waals surface area contributed by atoms with Crippen LogP contribution < -0.4 is 0 Å². The lowest BCUT2D eigenvalue weighted by Gasteiger charge is -2.36. The number of benzene rings is 4. The van der Waals surface area contributed by atoms with Crippen molar-refractivity contribution >= 4 is 0 Å². The zero-order chi connectivity index (χ0) is 37.4. The zero-order valence-corrected chi connectivity index (χ0v) is 28.6. The van der Waals surface area contributed by atoms with Gasteiger partial charge in [-0.05, 0) is 34.4 Å². The second kappa shape index (κ2) is 22.7. The molecule has 0 bridgehead atoms. The maximum atomic E-state index is 14.0. The minimum Gasteiger partial charge on any atom is -0.384 e. The lowest BCUT2D eigenvalue weighted by molar-refractivity contribution is -0.186. The summed E-state index contributed by atoms with van der Waals surface area (Å²) in [6, 6.07) is 37.0. The fraction of sp³-hybridized carbons (Fsp3) is 0.318. The highest BCUT2D eigenvalue weighted by atomic mass is 19.3. The maximum absolute atomic E-state index is 14.0. The van der Waals surface area contributed by atoms with Crippen LogP contribution >= 0.6 is 0 Å². The molecular formula is C44H52F4O6. The molecule has 0 saturated heterocycles. The van der Waals surface area contributed by atoms with E-state index >= 15 is 0 Å². The van der Waals surface area contributed by atoms with Crippen molar-refractivity contribution < 1.29 is 46.7 Å². The number of aliphatic hydroxyl groups is 2. The first-order valence-electron chi connectivity index (χ1n) is 16.7. The highest BCUT2D eigenvalue weighted by Crippen LogP contribution is 2.33. The summed E-state index contributed by atoms with van der Waals surface area (Å²) in [6.07, 6.45) is -4.51. The Morgan fingerprint density at radius 2 is 1.07 bits per heavy atom. The molecule has 5 rings (SSSR count). The van der Waals surface area contributed by atoms with Crippen LogP contribution in [0.4, 0.5) is 17.6 Å². The quantitative estimate of drug-likeness (QED) is 0.0827. The number of rotatable bonds is 17. The van der Waals surface area contributed by atoms with E-state index in [1.54, 1.807) is 0 Å². The van der Waals surface area contributed by atoms with Crippen molar-refractivity contribution in [3.05, 3.63) is 181 Å². The largest absolute Gasteiger partial charge is 0.384 e. The van der Waals surface area contributed by atoms with Gasteiger partial charge >= 0.3 is 0 Å². The average Bonchev–Trinajstić information content (AvgIpc) is 3.18. The Morgan fingerprint density at radius 1 is 0.667 bits per heavy atom. The second-order valence-corrected chi connectivity index (χ2v) is 12.1. The van der Waals surface area contributed by atoms with Gasteiger partial charge in [-0.3, -0.25) is 0 Å². The van der Waals surface area contributed by atoms with E-state index in [1.807, 2.05) is 121 Å². The first-order chi connectivity index (χ1) is 25.0. The smallest absolute Gasteiger partial charge is 0.294 e. The van der Waals surface area contributed by atoms with Gasteiger partial charge in [0.15, 0.2) is 12.2 Å². The topological polar surface area (TPSA) is 77.4 Å². The first-order valence-corrected chi connectivity index (χ1v) is 16.7. The van der Waals surface area contributed by atoms with Crippen molar-refractivity contribution in [2.75, 3.05) is 0 Å². The number of hydrogen-bond donors (Lipinski definition) is 2. The fourth-order valence-electron chi connectivity index (χ4n) is 5.24. The minimum absolute atomic E-state index is 0. The molecule has 0 radical (unpaired) electrons. The van der Waals surface area contributed by atoms with Gasteiger partial charge in [-0.25, -0.2) is 0 Å². The maximum Gasteiger partial charge on any atom is 0.294 e. The van der Waals surface area contributed by atoms with E-state index in [0.717, 1.165) is 22.3 Å². The molecule has 54 heavy (non-hydrogen) atoms. The van der Waals surface area contributed by atoms with Gasteiger partial charge in [-0.15, -0.1) is 6.58 Å². The lowest BCUT2D eigenvalue weighted by atomic mass is 9.95. The van der Waals surface area contributed by atoms with E-state index in [0.29, 0.717) is 12.2 Å². The highest BCUT2D eigenvalue weighted by Gasteiger charge is 2.48. The monoisotopic (exact) mass is 752 g/mol. The Kier molecular flexibility index (Phi) is 19.2. The second-order valence-electron chi connectivity index (χ2n) is 12.1. The van der Waals surface area contributed by atoms with E-state index in [1.165, 1.54) is 12.2 Å². The van der Waals surface area contributed by atoms with Gasteiger partial charge in [0, 0.05) is 0 Å². The molecule has 10 heteroatoms. The molecule has 2 N–H and O–H groups in total. The van der Waals surface area contributed by atoms with Crippen LogP contribution in [-0.4, -0.2) is 58.7 Å². The van der Waals surface area contributed by atoms with Gasteiger partial charge in [0.1, 0.15) is 24.4 Å². The summed E-state index contributed by atoms with van der Waals surface area (Å²) in [5, 5.41) is 20.3. The van der Waals surface area contributed by atoms with Crippen LogP contribution in [0.2, 0.25) is 0 Å². The molecule has 0 amide bonds. The molecule has 0 saturated carbocycles. The van der Waals surface area contributed by atoms with E-state index in [4.69, 9.17) is 18.9 Å². The van der Waals surface area contributed by atoms with Gasteiger partial charge in [-0.1, -0.05) is 155 Å². The van der Waals surface area contributed by atoms with Gasteiger partial charge in [0.2, 0.25) is 0 Å². The lowest BCUT2D eigenvalue weighted by Crippen LogP contribution is -2.52. The third-order valence-electron chi connectivity index (χ3n) is 8.21. The number of hydrogen-bond acceptors (Lipinski definition) is 6. The SMILES string of the molecule is C.C.C=C[C@H](OCc1ccccc1)[C@@H](OCc1ccccc1)[C@H](O)C(F)(F)C=C.O[C@H]1[C@H](OCc2ccccc2)[C@@H](OCc2ccccc2)C=CC1(F)F. The first kappa shape index (κ1) is 45.7. The summed E-state index contributed by atoms with van der Waals surface area (Å²) in [7, 11) is 0. The van der Waals surface area contributed by atoms with E-state index in [9.17, 15) is 27.8 Å². The number of ether oxygens (including phenoxy) is 4. The molecule has 0 fully saturated rings. The molecule has 1 aliphatic rings. The summed E-state index contributed by atoms with van der Waals surface area (Å²) >= 11 is 0. The molecule has 4 aromatic carbocycles. The molecular weight excluding hydrogens is 700 g/mol. The molecule has 0 aromatic heterocycles. The Hall–Kier alpha value is -4.42. The molecule has 4 aromatic rings. The fourth-order valence-corrected chi connectivity index (χ4v) is 5.24. The summed E-state index contributed by atoms with van der Waals surface area (Å²) in [6.45, 7) is 7.35. The van der Waals surface area contributed by atoms with Crippen LogP contribution in [0.1, 0.15) is 37.1 Å². The van der Waals surface area contributed by atoms with Crippen LogP contribution in [0.5, 0.6) is 0 Å². The minimum atomic E-state index is -3.53. The van der Waals surface area contributed by atoms with Gasteiger partial charge in [0.05, 0.1) is 26.4 Å². The number of halogens is 4. The third kappa shape index (κ3) is 13.8. The van der Waals surface area contributed by atoms with Crippen molar-refractivity contribution in [3.63, 3.8) is 0 Å². The normalized spacial score (nSPS) is 19.0. The molecule has 6 nitrogen and oxygen atoms in total. The molecule has 0 heterocycles. The third-order valence-corrected chi connectivity index (χ3v) is 8.21. The molecule has 6 atom stereocenters. The molecule has 292 valence electrons. The Balaban J connectivity index is 0.000000361. The summed E-state index contributed by atoms with van der Waals surface area (Å²) in [4.78, 5) is 0. The Bertz CT molecular complexity index is 1640. The molecule has 1 aliphatic carbocycles. The zero-order valence-electron chi connectivity index (χ0n) is 28.6. The van der Waals surface area contributed by atoms with Crippen molar-refractivity contribution in [3.8, 4) is 0 Å². The summed E-state index contributed by atoms with van der Waals surface area (Å²) < 4.78 is 78.5. The molecule has 0 spiro atoms. The van der Waals surface area contributed by atoms with E-state index < -0.39 is 48.5 Å². The van der Waals surface area contributed by atoms with E-state index in [-0.39, 0.29) is 41.3 Å². The molecule has 0 aliphatic heterocycles. The van der Waals surface area contributed by atoms with Gasteiger partial charge in [0.25, 0.3) is 11.8 Å². The van der Waals surface area contributed by atoms with Crippen LogP contribution in [0, 0.1) is 0 Å². The van der Waals surface area contributed by atoms with Crippen molar-refractivity contribution in [2.45, 2.75) is 89.7 Å². The number of alkyl halides is 4. The average molecular weight is 753 g/mol. The number of aliphatic hydroxyl groups excluding tert-OH is 2. The predicted octanol–water partition coefficient (Wildman–Crippen LogP) is 9.52. The van der Waals surface area contributed by atoms with Crippen LogP contribution in [0.15, 0.2) is 159 Å². The standard InChI is InChI=1S/C22H24F2O3.C20H20F2O3.2CH4/c1-3-19(26-15-17-11-7-5-8-12-17)20(21(25)22(23,24)4-2)27-16-18-13-9-6-10-14-18;21-20(22)12-11-17(24-13-15-7-3-1-4-8-15)18(19(20)23)25-14-16-9-5-2-6-10-16;;/h3-14,19-21,25H,1-2,15-16H2;1-12,17-19,23H,13-14H2;2*1H4/t19-,20+,21-;17-,18+,19-;;/m00../s1. The molecule has 0 unspecified atom stereocenters. The van der Waals surface area contributed by atoms with Crippen molar-refractivity contribution in [1.82, 2.24) is 0 Å². The Labute approximate surface area is 317 Å². The summed E-state index contributed by atoms with van der Waals surface area (Å²) in [5.74, 6) is -6.87. The highest BCUT2D eigenvalue weighted by molar-refractivity contribution is 5.18. The van der Waals surface area contributed by atoms with E-state index in [2.05, 4.69) is 13.2 Å². The van der Waals surface area contributed by atoms with Crippen LogP contribution in [0.25, 0.3) is 0 Å². The van der Waals surface area contributed by atoms with Crippen molar-refractivity contribution in [1.29, 1.82) is 0 Å². The van der Waals surface area contributed by atoms with Crippen molar-refractivity contribution in [2.24, 2.45) is 0 Å². The van der Waals surface area contributed by atoms with Gasteiger partial charge < -0.3 is 29.2 Å². The van der Waals surface area contributed by atoms with Crippen LogP contribution in [0.3, 0.4) is 0 Å². The van der Waals surface area contributed by atoms with Crippen LogP contribution in [-0.2, 0) is 45.4 Å². The summed E-state index contributed by atoms with van der Waals surface area (Å²) in [5.41, 5.74) is 3.43. The van der Waals surface area contributed by atoms with Gasteiger partial charge in [-0.2, -0.15) is 17.6 Å².